The molecule has 0 unspecified atom stereocenters. The highest BCUT2D eigenvalue weighted by molar-refractivity contribution is 5.94. The van der Waals surface area contributed by atoms with E-state index in [0.717, 1.165) is 31.5 Å². The number of nitrogen functional groups attached to an aromatic ring is 1. The Morgan fingerprint density at radius 1 is 1.13 bits per heavy atom. The minimum absolute atomic E-state index is 0.0471. The van der Waals surface area contributed by atoms with Crippen LogP contribution >= 0.6 is 0 Å². The summed E-state index contributed by atoms with van der Waals surface area (Å²) in [5.41, 5.74) is 10.7. The number of aromatic nitrogens is 5. The van der Waals surface area contributed by atoms with E-state index in [1.807, 2.05) is 42.5 Å². The second-order valence-corrected chi connectivity index (χ2v) is 8.96. The number of hydrogen-bond acceptors (Lipinski definition) is 11. The third kappa shape index (κ3) is 6.04. The molecule has 1 aliphatic rings. The van der Waals surface area contributed by atoms with Gasteiger partial charge in [0.1, 0.15) is 6.61 Å². The van der Waals surface area contributed by atoms with Gasteiger partial charge in [-0.2, -0.15) is 9.78 Å². The summed E-state index contributed by atoms with van der Waals surface area (Å²) in [5.74, 6) is 0.744. The van der Waals surface area contributed by atoms with Crippen molar-refractivity contribution < 1.29 is 18.9 Å². The number of likely N-dealkylation sites (tertiary alicyclic amines) is 1. The zero-order valence-electron chi connectivity index (χ0n) is 21.5. The lowest BCUT2D eigenvalue weighted by atomic mass is 10.1. The molecule has 0 spiro atoms. The molecule has 1 saturated heterocycles. The van der Waals surface area contributed by atoms with E-state index >= 15 is 0 Å². The number of nitrogens with one attached hydrogen (secondary N) is 1. The summed E-state index contributed by atoms with van der Waals surface area (Å²) < 4.78 is 17.7. The Morgan fingerprint density at radius 3 is 2.69 bits per heavy atom. The van der Waals surface area contributed by atoms with E-state index in [9.17, 15) is 4.79 Å². The predicted octanol–water partition coefficient (Wildman–Crippen LogP) is 2.57. The van der Waals surface area contributed by atoms with Crippen LogP contribution in [0.1, 0.15) is 46.6 Å². The van der Waals surface area contributed by atoms with Crippen molar-refractivity contribution in [2.45, 2.75) is 32.4 Å². The van der Waals surface area contributed by atoms with Crippen LogP contribution in [0.5, 0.6) is 11.5 Å². The summed E-state index contributed by atoms with van der Waals surface area (Å²) in [7, 11) is 1.57. The van der Waals surface area contributed by atoms with Gasteiger partial charge >= 0.3 is 0 Å². The minimum atomic E-state index is -0.533. The lowest BCUT2D eigenvalue weighted by Gasteiger charge is -2.26. The van der Waals surface area contributed by atoms with Crippen LogP contribution in [0.4, 0.5) is 5.82 Å². The Hall–Kier alpha value is -4.78. The summed E-state index contributed by atoms with van der Waals surface area (Å²) in [6.45, 7) is 2.58. The Kier molecular flexibility index (Phi) is 8.07. The number of carbonyl (C=O) groups is 1. The van der Waals surface area contributed by atoms with E-state index < -0.39 is 5.91 Å². The van der Waals surface area contributed by atoms with Gasteiger partial charge in [-0.3, -0.25) is 9.69 Å². The van der Waals surface area contributed by atoms with Gasteiger partial charge in [0.25, 0.3) is 5.91 Å². The average Bonchev–Trinajstić information content (AvgIpc) is 3.58. The fraction of sp³-hybridized carbons (Fsp3) is 0.308. The summed E-state index contributed by atoms with van der Waals surface area (Å²) in [6, 6.07) is 15.2. The molecule has 4 aromatic rings. The minimum Gasteiger partial charge on any atom is -0.493 e. The van der Waals surface area contributed by atoms with Gasteiger partial charge in [0.2, 0.25) is 11.6 Å². The number of nitrogens with zero attached hydrogens (tertiary/aromatic N) is 7. The van der Waals surface area contributed by atoms with Gasteiger partial charge in [0.05, 0.1) is 19.0 Å². The summed E-state index contributed by atoms with van der Waals surface area (Å²) >= 11 is 0. The van der Waals surface area contributed by atoms with Crippen molar-refractivity contribution in [3.05, 3.63) is 71.0 Å². The van der Waals surface area contributed by atoms with Crippen molar-refractivity contribution in [1.82, 2.24) is 35.6 Å². The average molecular weight is 532 g/mol. The second kappa shape index (κ2) is 12.2. The largest absolute Gasteiger partial charge is 0.493 e. The van der Waals surface area contributed by atoms with Crippen LogP contribution in [-0.2, 0) is 13.2 Å². The van der Waals surface area contributed by atoms with E-state index in [-0.39, 0.29) is 17.3 Å². The Balaban J connectivity index is 1.35. The van der Waals surface area contributed by atoms with Crippen LogP contribution in [0.2, 0.25) is 0 Å². The molecular formula is C26H29N9O4. The molecule has 0 aliphatic carbocycles. The van der Waals surface area contributed by atoms with Gasteiger partial charge in [-0.25, -0.2) is 10.1 Å². The number of hydrazone groups is 1. The van der Waals surface area contributed by atoms with Gasteiger partial charge in [0, 0.05) is 12.1 Å². The molecule has 3 heterocycles. The fourth-order valence-electron chi connectivity index (χ4n) is 4.35. The molecule has 2 aromatic carbocycles. The number of amides is 1. The summed E-state index contributed by atoms with van der Waals surface area (Å²) in [6.07, 6.45) is 4.83. The molecule has 1 aliphatic heterocycles. The van der Waals surface area contributed by atoms with Gasteiger partial charge in [-0.1, -0.05) is 48.0 Å². The van der Waals surface area contributed by atoms with Gasteiger partial charge < -0.3 is 15.2 Å². The van der Waals surface area contributed by atoms with Crippen molar-refractivity contribution in [1.29, 1.82) is 0 Å². The fourth-order valence-corrected chi connectivity index (χ4v) is 4.35. The topological polar surface area (TPSA) is 159 Å². The van der Waals surface area contributed by atoms with E-state index in [4.69, 9.17) is 19.8 Å². The Bertz CT molecular complexity index is 1430. The van der Waals surface area contributed by atoms with Crippen LogP contribution in [0.25, 0.3) is 5.82 Å². The van der Waals surface area contributed by atoms with E-state index in [1.54, 1.807) is 13.2 Å². The third-order valence-corrected chi connectivity index (χ3v) is 6.32. The number of rotatable bonds is 10. The SMILES string of the molecule is COc1cccc(/C=N/NC(=O)c2nnn(-c3nonc3N)c2CN2CCCCC2)c1OCc1ccccc1. The molecule has 5 rings (SSSR count). The molecule has 2 aromatic heterocycles. The number of nitrogens with two attached hydrogens (primary N) is 1. The first-order valence-corrected chi connectivity index (χ1v) is 12.6. The standard InChI is InChI=1S/C26H29N9O4/c1-37-21-12-8-11-19(23(21)38-17-18-9-4-2-5-10-18)15-28-30-26(36)22-20(16-34-13-6-3-7-14-34)35(33-29-22)25-24(27)31-39-32-25/h2,4-5,8-12,15H,3,6-7,13-14,16-17H2,1H3,(H2,27,31)(H,30,36)/b28-15+. The molecule has 3 N–H and O–H groups in total. The quantitative estimate of drug-likeness (QED) is 0.230. The molecule has 1 fully saturated rings. The molecule has 13 nitrogen and oxygen atoms in total. The van der Waals surface area contributed by atoms with Crippen LogP contribution in [0.3, 0.4) is 0 Å². The normalized spacial score (nSPS) is 14.0. The van der Waals surface area contributed by atoms with E-state index in [1.165, 1.54) is 17.3 Å². The number of methoxy groups -OCH3 is 1. The van der Waals surface area contributed by atoms with Crippen molar-refractivity contribution in [2.75, 3.05) is 25.9 Å². The van der Waals surface area contributed by atoms with E-state index in [2.05, 4.69) is 36.1 Å². The van der Waals surface area contributed by atoms with Crippen LogP contribution in [0, 0.1) is 0 Å². The highest BCUT2D eigenvalue weighted by Crippen LogP contribution is 2.31. The molecule has 0 bridgehead atoms. The summed E-state index contributed by atoms with van der Waals surface area (Å²) in [5, 5.41) is 19.8. The highest BCUT2D eigenvalue weighted by Gasteiger charge is 2.26. The lowest BCUT2D eigenvalue weighted by Crippen LogP contribution is -2.31. The zero-order chi connectivity index (χ0) is 27.0. The first kappa shape index (κ1) is 25.9. The van der Waals surface area contributed by atoms with Gasteiger partial charge in [0.15, 0.2) is 17.2 Å². The van der Waals surface area contributed by atoms with Gasteiger partial charge in [-0.15, -0.1) is 5.10 Å². The van der Waals surface area contributed by atoms with Crippen molar-refractivity contribution >= 4 is 17.9 Å². The summed E-state index contributed by atoms with van der Waals surface area (Å²) in [4.78, 5) is 15.4. The molecule has 13 heteroatoms. The monoisotopic (exact) mass is 531 g/mol. The molecule has 1 amide bonds. The number of benzene rings is 2. The number of para-hydroxylation sites is 1. The lowest BCUT2D eigenvalue weighted by molar-refractivity contribution is 0.0947. The predicted molar refractivity (Wildman–Crippen MR) is 142 cm³/mol. The first-order valence-electron chi connectivity index (χ1n) is 12.6. The Morgan fingerprint density at radius 2 is 1.95 bits per heavy atom. The number of piperidine rings is 1. The van der Waals surface area contributed by atoms with Crippen molar-refractivity contribution in [3.8, 4) is 17.3 Å². The van der Waals surface area contributed by atoms with Crippen LogP contribution in [0.15, 0.2) is 58.3 Å². The van der Waals surface area contributed by atoms with Crippen LogP contribution < -0.4 is 20.6 Å². The molecular weight excluding hydrogens is 502 g/mol. The maximum absolute atomic E-state index is 13.2. The smallest absolute Gasteiger partial charge is 0.293 e. The molecule has 0 atom stereocenters. The molecule has 202 valence electrons. The van der Waals surface area contributed by atoms with E-state index in [0.29, 0.717) is 35.9 Å². The Labute approximate surface area is 224 Å². The number of hydrogen-bond donors (Lipinski definition) is 2. The number of ether oxygens (including phenoxy) is 2. The van der Waals surface area contributed by atoms with Gasteiger partial charge in [-0.05, 0) is 53.9 Å². The first-order chi connectivity index (χ1) is 19.1. The number of anilines is 1. The highest BCUT2D eigenvalue weighted by atomic mass is 16.6. The van der Waals surface area contributed by atoms with Crippen LogP contribution in [-0.4, -0.2) is 62.5 Å². The molecule has 39 heavy (non-hydrogen) atoms. The van der Waals surface area contributed by atoms with Crippen molar-refractivity contribution in [3.63, 3.8) is 0 Å². The maximum Gasteiger partial charge on any atom is 0.293 e. The maximum atomic E-state index is 13.2. The zero-order valence-corrected chi connectivity index (χ0v) is 21.5. The molecule has 0 radical (unpaired) electrons. The molecule has 0 saturated carbocycles. The third-order valence-electron chi connectivity index (χ3n) is 6.32. The number of carbonyl (C=O) groups excluding carboxylic acids is 1. The second-order valence-electron chi connectivity index (χ2n) is 8.96. The van der Waals surface area contributed by atoms with Crippen molar-refractivity contribution in [2.24, 2.45) is 5.10 Å².